The molecule has 0 unspecified atom stereocenters. The van der Waals surface area contributed by atoms with Crippen LogP contribution >= 0.6 is 16.1 Å². The summed E-state index contributed by atoms with van der Waals surface area (Å²) in [4.78, 5) is 17.0. The first-order valence-electron chi connectivity index (χ1n) is 2.66. The summed E-state index contributed by atoms with van der Waals surface area (Å²) in [7, 11) is -4.80. The Kier molecular flexibility index (Phi) is 12.2. The zero-order chi connectivity index (χ0) is 8.36. The molecule has 0 atom stereocenters. The van der Waals surface area contributed by atoms with Crippen molar-refractivity contribution in [3.8, 4) is 0 Å². The SMILES string of the molecule is CC(C)[C-](P=O)P(=O)(O)O.O.[Y]. The van der Waals surface area contributed by atoms with Gasteiger partial charge in [0.15, 0.2) is 7.60 Å². The van der Waals surface area contributed by atoms with Gasteiger partial charge >= 0.3 is 0 Å². The van der Waals surface area contributed by atoms with E-state index in [9.17, 15) is 9.13 Å². The van der Waals surface area contributed by atoms with Crippen molar-refractivity contribution in [1.29, 1.82) is 0 Å². The smallest absolute Gasteiger partial charge is 0.196 e. The van der Waals surface area contributed by atoms with E-state index in [1.807, 2.05) is 0 Å². The monoisotopic (exact) mass is 290 g/mol. The first-order chi connectivity index (χ1) is 4.39. The minimum Gasteiger partial charge on any atom is -0.412 e. The third-order valence-electron chi connectivity index (χ3n) is 0.908. The van der Waals surface area contributed by atoms with E-state index in [1.54, 1.807) is 13.8 Å². The normalized spacial score (nSPS) is 11.2. The van der Waals surface area contributed by atoms with Gasteiger partial charge in [-0.05, 0) is 8.46 Å². The van der Waals surface area contributed by atoms with Gasteiger partial charge in [-0.15, -0.1) is 11.3 Å². The van der Waals surface area contributed by atoms with Crippen molar-refractivity contribution in [1.82, 2.24) is 0 Å². The van der Waals surface area contributed by atoms with Gasteiger partial charge in [0.2, 0.25) is 0 Å². The van der Waals surface area contributed by atoms with Gasteiger partial charge in [0, 0.05) is 32.7 Å². The Balaban J connectivity index is -0.000000405. The van der Waals surface area contributed by atoms with Gasteiger partial charge < -0.3 is 19.8 Å². The summed E-state index contributed by atoms with van der Waals surface area (Å²) < 4.78 is 20.6. The van der Waals surface area contributed by atoms with Crippen LogP contribution < -0.4 is 0 Å². The maximum Gasteiger partial charge on any atom is 0.196 e. The molecule has 0 aromatic heterocycles. The second-order valence-corrected chi connectivity index (χ2v) is 4.74. The summed E-state index contributed by atoms with van der Waals surface area (Å²) >= 11 is 0. The molecule has 0 aliphatic heterocycles. The van der Waals surface area contributed by atoms with Crippen LogP contribution in [-0.2, 0) is 41.8 Å². The van der Waals surface area contributed by atoms with E-state index < -0.39 is 16.1 Å². The van der Waals surface area contributed by atoms with Crippen LogP contribution in [0.1, 0.15) is 13.8 Å². The fourth-order valence-electron chi connectivity index (χ4n) is 0.495. The zero-order valence-corrected chi connectivity index (χ0v) is 11.4. The van der Waals surface area contributed by atoms with E-state index in [0.717, 1.165) is 0 Å². The van der Waals surface area contributed by atoms with Crippen LogP contribution in [-0.4, -0.2) is 15.3 Å². The summed E-state index contributed by atoms with van der Waals surface area (Å²) in [6.45, 7) is 3.17. The van der Waals surface area contributed by atoms with Crippen LogP contribution in [0, 0.1) is 11.3 Å². The van der Waals surface area contributed by atoms with Crippen LogP contribution in [0.2, 0.25) is 0 Å². The second kappa shape index (κ2) is 7.69. The summed E-state index contributed by atoms with van der Waals surface area (Å²) in [5.74, 6) is -0.347. The molecule has 0 aromatic rings. The van der Waals surface area contributed by atoms with E-state index in [-0.39, 0.29) is 49.5 Å². The van der Waals surface area contributed by atoms with Gasteiger partial charge in [-0.3, -0.25) is 4.57 Å². The molecule has 0 aliphatic carbocycles. The molecule has 0 saturated carbocycles. The fraction of sp³-hybridized carbons (Fsp3) is 0.750. The Morgan fingerprint density at radius 2 is 1.75 bits per heavy atom. The van der Waals surface area contributed by atoms with Crippen molar-refractivity contribution in [2.24, 2.45) is 5.92 Å². The van der Waals surface area contributed by atoms with Crippen molar-refractivity contribution < 1.29 is 57.1 Å². The fourth-order valence-corrected chi connectivity index (χ4v) is 1.80. The molecule has 1 radical (unpaired) electrons. The zero-order valence-electron chi connectivity index (χ0n) is 6.76. The van der Waals surface area contributed by atoms with Gasteiger partial charge in [-0.25, -0.2) is 0 Å². The molecule has 8 heteroatoms. The standard InChI is InChI=1S/C4H9O4P2.H2O.Y/c1-3(2)4(9-5)10(6,7)8;;/h3H,1-2H3,(H2,6,7,8);1H2;/q-1;;. The third kappa shape index (κ3) is 6.79. The molecular formula is C4H11O5P2Y-. The van der Waals surface area contributed by atoms with E-state index in [0.29, 0.717) is 0 Å². The molecule has 5 nitrogen and oxygen atoms in total. The van der Waals surface area contributed by atoms with E-state index in [2.05, 4.69) is 0 Å². The van der Waals surface area contributed by atoms with E-state index >= 15 is 0 Å². The van der Waals surface area contributed by atoms with Crippen LogP contribution in [0.5, 0.6) is 0 Å². The Bertz CT molecular complexity index is 167. The first-order valence-corrected chi connectivity index (χ1v) is 5.08. The van der Waals surface area contributed by atoms with Crippen molar-refractivity contribution >= 4 is 16.1 Å². The minimum atomic E-state index is -4.24. The van der Waals surface area contributed by atoms with Crippen molar-refractivity contribution in [2.45, 2.75) is 13.8 Å². The van der Waals surface area contributed by atoms with Crippen LogP contribution in [0.4, 0.5) is 0 Å². The van der Waals surface area contributed by atoms with Gasteiger partial charge in [0.05, 0.1) is 0 Å². The minimum absolute atomic E-state index is 0. The molecule has 0 fully saturated rings. The Hall–Kier alpha value is 1.31. The summed E-state index contributed by atoms with van der Waals surface area (Å²) in [6, 6.07) is 0. The predicted octanol–water partition coefficient (Wildman–Crippen LogP) is 0.774. The largest absolute Gasteiger partial charge is 0.412 e. The van der Waals surface area contributed by atoms with Crippen LogP contribution in [0.15, 0.2) is 0 Å². The maximum absolute atomic E-state index is 10.5. The number of hydrogen-bond acceptors (Lipinski definition) is 2. The summed E-state index contributed by atoms with van der Waals surface area (Å²) in [6.07, 6.45) is 0. The molecule has 12 heavy (non-hydrogen) atoms. The number of rotatable bonds is 3. The second-order valence-electron chi connectivity index (χ2n) is 2.15. The molecule has 0 aromatic carbocycles. The quantitative estimate of drug-likeness (QED) is 0.591. The Labute approximate surface area is 97.9 Å². The van der Waals surface area contributed by atoms with E-state index in [4.69, 9.17) is 9.79 Å². The first kappa shape index (κ1) is 19.0. The van der Waals surface area contributed by atoms with Gasteiger partial charge in [-0.1, -0.05) is 13.8 Å². The topological polar surface area (TPSA) is 106 Å². The van der Waals surface area contributed by atoms with Crippen LogP contribution in [0.25, 0.3) is 0 Å². The van der Waals surface area contributed by atoms with Crippen molar-refractivity contribution in [3.63, 3.8) is 0 Å². The molecule has 0 spiro atoms. The third-order valence-corrected chi connectivity index (χ3v) is 3.75. The summed E-state index contributed by atoms with van der Waals surface area (Å²) in [5, 5.41) is -0.243. The Morgan fingerprint density at radius 3 is 1.75 bits per heavy atom. The molecule has 0 heterocycles. The molecule has 0 saturated heterocycles. The van der Waals surface area contributed by atoms with Gasteiger partial charge in [-0.2, -0.15) is 0 Å². The molecular weight excluding hydrogens is 279 g/mol. The van der Waals surface area contributed by atoms with Gasteiger partial charge in [0.25, 0.3) is 0 Å². The van der Waals surface area contributed by atoms with Crippen molar-refractivity contribution in [3.05, 3.63) is 5.40 Å². The molecule has 0 rings (SSSR count). The average molecular weight is 290 g/mol. The molecule has 0 amide bonds. The Morgan fingerprint density at radius 1 is 1.42 bits per heavy atom. The van der Waals surface area contributed by atoms with Gasteiger partial charge in [0.1, 0.15) is 0 Å². The van der Waals surface area contributed by atoms with Crippen molar-refractivity contribution in [2.75, 3.05) is 0 Å². The maximum atomic E-state index is 10.5. The molecule has 0 aliphatic rings. The van der Waals surface area contributed by atoms with E-state index in [1.165, 1.54) is 0 Å². The van der Waals surface area contributed by atoms with Crippen LogP contribution in [0.3, 0.4) is 0 Å². The molecule has 0 bridgehead atoms. The predicted molar refractivity (Wildman–Crippen MR) is 41.3 cm³/mol. The number of hydrogen-bond donors (Lipinski definition) is 2. The average Bonchev–Trinajstić information content (AvgIpc) is 1.60. The summed E-state index contributed by atoms with van der Waals surface area (Å²) in [5.41, 5.74) is 0. The molecule has 4 N–H and O–H groups in total. The molecule has 71 valence electrons.